The fourth-order valence-electron chi connectivity index (χ4n) is 6.06. The highest BCUT2D eigenvalue weighted by molar-refractivity contribution is 5.68. The Bertz CT molecular complexity index is 681. The first kappa shape index (κ1) is 19.8. The first-order valence-electron chi connectivity index (χ1n) is 11.4. The van der Waals surface area contributed by atoms with Crippen LogP contribution >= 0.6 is 0 Å². The number of piperidine rings is 1. The molecule has 156 valence electrons. The van der Waals surface area contributed by atoms with E-state index in [1.54, 1.807) is 0 Å². The standard InChI is InChI=1S/C24H36N2O2.H2/c1-3-28-23(27)25-22-16-24(21-11-7-6-10-20(21)22)12-14-26(15-13-24)17-18(2)19-8-4-5-9-19;/h6-7,10-11,18-19,22H,3-5,8-9,12-17H2,1-2H3,(H,25,27);1H/t18-,22-;/m1./s1. The van der Waals surface area contributed by atoms with Crippen LogP contribution in [0.2, 0.25) is 0 Å². The van der Waals surface area contributed by atoms with Crippen LogP contribution in [0.3, 0.4) is 0 Å². The Morgan fingerprint density at radius 3 is 2.71 bits per heavy atom. The van der Waals surface area contributed by atoms with Crippen LogP contribution in [0.5, 0.6) is 0 Å². The zero-order chi connectivity index (χ0) is 19.6. The highest BCUT2D eigenvalue weighted by Gasteiger charge is 2.46. The number of hydrogen-bond acceptors (Lipinski definition) is 3. The summed E-state index contributed by atoms with van der Waals surface area (Å²) in [5, 5.41) is 3.11. The van der Waals surface area contributed by atoms with Crippen molar-refractivity contribution in [2.24, 2.45) is 11.8 Å². The summed E-state index contributed by atoms with van der Waals surface area (Å²) in [7, 11) is 0. The van der Waals surface area contributed by atoms with Gasteiger partial charge in [-0.05, 0) is 62.2 Å². The van der Waals surface area contributed by atoms with Crippen molar-refractivity contribution >= 4 is 6.09 Å². The Morgan fingerprint density at radius 2 is 2.00 bits per heavy atom. The Hall–Kier alpha value is -1.55. The van der Waals surface area contributed by atoms with Crippen molar-refractivity contribution < 1.29 is 11.0 Å². The van der Waals surface area contributed by atoms with Crippen LogP contribution in [-0.4, -0.2) is 37.2 Å². The summed E-state index contributed by atoms with van der Waals surface area (Å²) in [6.07, 6.45) is 8.86. The van der Waals surface area contributed by atoms with Crippen LogP contribution in [0.25, 0.3) is 0 Å². The van der Waals surface area contributed by atoms with Crippen LogP contribution in [0, 0.1) is 11.8 Å². The number of rotatable bonds is 5. The minimum atomic E-state index is -0.290. The van der Waals surface area contributed by atoms with Crippen molar-refractivity contribution in [2.75, 3.05) is 26.2 Å². The summed E-state index contributed by atoms with van der Waals surface area (Å²) in [5.74, 6) is 1.77. The number of nitrogens with one attached hydrogen (secondary N) is 1. The molecule has 1 saturated carbocycles. The van der Waals surface area contributed by atoms with Gasteiger partial charge in [-0.15, -0.1) is 0 Å². The van der Waals surface area contributed by atoms with Crippen LogP contribution < -0.4 is 5.32 Å². The van der Waals surface area contributed by atoms with Crippen LogP contribution in [-0.2, 0) is 10.2 Å². The van der Waals surface area contributed by atoms with Crippen molar-refractivity contribution in [3.8, 4) is 0 Å². The first-order valence-corrected chi connectivity index (χ1v) is 11.4. The zero-order valence-corrected chi connectivity index (χ0v) is 17.6. The molecule has 1 spiro atoms. The lowest BCUT2D eigenvalue weighted by molar-refractivity contribution is 0.120. The van der Waals surface area contributed by atoms with E-state index in [1.165, 1.54) is 69.3 Å². The molecule has 1 amide bonds. The molecular formula is C24H38N2O2. The van der Waals surface area contributed by atoms with Crippen molar-refractivity contribution in [3.63, 3.8) is 0 Å². The van der Waals surface area contributed by atoms with E-state index in [2.05, 4.69) is 41.4 Å². The van der Waals surface area contributed by atoms with E-state index in [4.69, 9.17) is 4.74 Å². The van der Waals surface area contributed by atoms with Gasteiger partial charge in [-0.25, -0.2) is 4.79 Å². The number of hydrogen-bond donors (Lipinski definition) is 1. The average Bonchev–Trinajstić information content (AvgIpc) is 3.33. The third-order valence-corrected chi connectivity index (χ3v) is 7.63. The molecule has 0 unspecified atom stereocenters. The van der Waals surface area contributed by atoms with Gasteiger partial charge in [0.2, 0.25) is 0 Å². The van der Waals surface area contributed by atoms with Gasteiger partial charge in [0.05, 0.1) is 12.6 Å². The van der Waals surface area contributed by atoms with Gasteiger partial charge in [0.25, 0.3) is 0 Å². The van der Waals surface area contributed by atoms with Crippen LogP contribution in [0.1, 0.15) is 77.4 Å². The molecule has 1 aromatic rings. The molecule has 3 aliphatic rings. The molecule has 0 radical (unpaired) electrons. The second-order valence-electron chi connectivity index (χ2n) is 9.31. The van der Waals surface area contributed by atoms with Gasteiger partial charge in [-0.1, -0.05) is 56.9 Å². The van der Waals surface area contributed by atoms with Gasteiger partial charge in [-0.3, -0.25) is 0 Å². The second kappa shape index (κ2) is 8.44. The molecule has 1 N–H and O–H groups in total. The zero-order valence-electron chi connectivity index (χ0n) is 17.6. The van der Waals surface area contributed by atoms with Gasteiger partial charge in [0.15, 0.2) is 0 Å². The molecule has 2 aliphatic carbocycles. The smallest absolute Gasteiger partial charge is 0.407 e. The molecule has 0 bridgehead atoms. The Morgan fingerprint density at radius 1 is 1.29 bits per heavy atom. The molecule has 2 atom stereocenters. The van der Waals surface area contributed by atoms with E-state index in [1.807, 2.05) is 6.92 Å². The third-order valence-electron chi connectivity index (χ3n) is 7.63. The normalized spacial score (nSPS) is 25.6. The van der Waals surface area contributed by atoms with E-state index < -0.39 is 0 Å². The summed E-state index contributed by atoms with van der Waals surface area (Å²) in [5.41, 5.74) is 2.97. The largest absolute Gasteiger partial charge is 0.450 e. The lowest BCUT2D eigenvalue weighted by Gasteiger charge is -2.41. The number of ether oxygens (including phenoxy) is 1. The summed E-state index contributed by atoms with van der Waals surface area (Å²) in [6.45, 7) is 8.35. The van der Waals surface area contributed by atoms with Crippen molar-refractivity contribution in [3.05, 3.63) is 35.4 Å². The van der Waals surface area contributed by atoms with Gasteiger partial charge in [0.1, 0.15) is 0 Å². The van der Waals surface area contributed by atoms with E-state index in [9.17, 15) is 4.79 Å². The van der Waals surface area contributed by atoms with Gasteiger partial charge in [-0.2, -0.15) is 0 Å². The summed E-state index contributed by atoms with van der Waals surface area (Å²) < 4.78 is 5.15. The monoisotopic (exact) mass is 386 g/mol. The maximum absolute atomic E-state index is 12.0. The molecule has 4 nitrogen and oxygen atoms in total. The number of fused-ring (bicyclic) bond motifs is 2. The van der Waals surface area contributed by atoms with E-state index in [0.29, 0.717) is 6.61 Å². The molecule has 1 heterocycles. The van der Waals surface area contributed by atoms with Crippen molar-refractivity contribution in [1.29, 1.82) is 0 Å². The fourth-order valence-corrected chi connectivity index (χ4v) is 6.06. The number of carbonyl (C=O) groups excluding carboxylic acids is 1. The highest BCUT2D eigenvalue weighted by atomic mass is 16.5. The van der Waals surface area contributed by atoms with Gasteiger partial charge >= 0.3 is 6.09 Å². The minimum Gasteiger partial charge on any atom is -0.450 e. The van der Waals surface area contributed by atoms with Crippen LogP contribution in [0.15, 0.2) is 24.3 Å². The number of amides is 1. The predicted octanol–water partition coefficient (Wildman–Crippen LogP) is 5.28. The number of benzene rings is 1. The van der Waals surface area contributed by atoms with Gasteiger partial charge < -0.3 is 15.0 Å². The predicted molar refractivity (Wildman–Crippen MR) is 115 cm³/mol. The Kier molecular flexibility index (Phi) is 5.96. The maximum Gasteiger partial charge on any atom is 0.407 e. The summed E-state index contributed by atoms with van der Waals surface area (Å²) in [4.78, 5) is 14.7. The molecule has 2 fully saturated rings. The van der Waals surface area contributed by atoms with Gasteiger partial charge in [0, 0.05) is 13.4 Å². The fraction of sp³-hybridized carbons (Fsp3) is 0.708. The number of nitrogens with zero attached hydrogens (tertiary/aromatic N) is 1. The molecule has 28 heavy (non-hydrogen) atoms. The minimum absolute atomic E-state index is 0. The molecule has 1 saturated heterocycles. The lowest BCUT2D eigenvalue weighted by atomic mass is 9.73. The quantitative estimate of drug-likeness (QED) is 0.748. The molecule has 4 heteroatoms. The first-order chi connectivity index (χ1) is 13.6. The number of carbonyl (C=O) groups is 1. The average molecular weight is 387 g/mol. The molecular weight excluding hydrogens is 348 g/mol. The summed E-state index contributed by atoms with van der Waals surface area (Å²) >= 11 is 0. The molecule has 1 aliphatic heterocycles. The van der Waals surface area contributed by atoms with Crippen molar-refractivity contribution in [2.45, 2.75) is 70.3 Å². The number of alkyl carbamates (subject to hydrolysis) is 1. The van der Waals surface area contributed by atoms with E-state index in [0.717, 1.165) is 18.3 Å². The molecule has 0 aromatic heterocycles. The van der Waals surface area contributed by atoms with E-state index in [-0.39, 0.29) is 19.0 Å². The topological polar surface area (TPSA) is 41.6 Å². The molecule has 1 aromatic carbocycles. The summed E-state index contributed by atoms with van der Waals surface area (Å²) in [6, 6.07) is 8.81. The molecule has 4 rings (SSSR count). The third kappa shape index (κ3) is 3.94. The van der Waals surface area contributed by atoms with Crippen LogP contribution in [0.4, 0.5) is 4.79 Å². The Labute approximate surface area is 171 Å². The van der Waals surface area contributed by atoms with E-state index >= 15 is 0 Å². The maximum atomic E-state index is 12.0. The number of likely N-dealkylation sites (tertiary alicyclic amines) is 1. The highest BCUT2D eigenvalue weighted by Crippen LogP contribution is 2.50. The Balaban J connectivity index is 0.00000240. The SMILES string of the molecule is CCOC(=O)N[C@@H]1CC2(CCN(C[C@@H](C)C3CCCC3)CC2)c2ccccc21.[HH]. The second-order valence-corrected chi connectivity index (χ2v) is 9.31. The van der Waals surface area contributed by atoms with Crippen molar-refractivity contribution in [1.82, 2.24) is 10.2 Å². The lowest BCUT2D eigenvalue weighted by Crippen LogP contribution is -2.44.